The van der Waals surface area contributed by atoms with E-state index in [9.17, 15) is 0 Å². The second-order valence-corrected chi connectivity index (χ2v) is 7.53. The molecule has 2 aromatic carbocycles. The Morgan fingerprint density at radius 3 is 2.73 bits per heavy atom. The number of rotatable bonds is 4. The van der Waals surface area contributed by atoms with Crippen molar-refractivity contribution in [2.45, 2.75) is 38.0 Å². The average molecular weight is 348 g/mol. The number of para-hydroxylation sites is 1. The predicted octanol–water partition coefficient (Wildman–Crippen LogP) is 4.11. The summed E-state index contributed by atoms with van der Waals surface area (Å²) in [5, 5.41) is 3.66. The summed E-state index contributed by atoms with van der Waals surface area (Å²) in [6, 6.07) is 19.7. The maximum absolute atomic E-state index is 6.35. The lowest BCUT2D eigenvalue weighted by molar-refractivity contribution is 0.148. The Bertz CT molecular complexity index is 756. The molecule has 0 aliphatic carbocycles. The van der Waals surface area contributed by atoms with Gasteiger partial charge in [-0.2, -0.15) is 0 Å². The molecule has 0 saturated carbocycles. The monoisotopic (exact) mass is 348 g/mol. The molecule has 2 unspecified atom stereocenters. The van der Waals surface area contributed by atoms with E-state index in [2.05, 4.69) is 77.9 Å². The van der Waals surface area contributed by atoms with Crippen LogP contribution in [-0.2, 0) is 6.54 Å². The largest absolute Gasteiger partial charge is 0.489 e. The molecule has 0 amide bonds. The van der Waals surface area contributed by atoms with Gasteiger partial charge in [0, 0.05) is 31.2 Å². The van der Waals surface area contributed by atoms with Crippen molar-refractivity contribution >= 4 is 5.57 Å². The molecule has 136 valence electrons. The molecule has 0 bridgehead atoms. The SMILES string of the molecule is CN1Cc2ccccc2OC(CCC2CC(c3ccccc3)=CCN2)C1. The first kappa shape index (κ1) is 17.3. The number of hydrogen-bond donors (Lipinski definition) is 1. The van der Waals surface area contributed by atoms with Crippen LogP contribution in [0.25, 0.3) is 5.57 Å². The first-order valence-corrected chi connectivity index (χ1v) is 9.69. The second-order valence-electron chi connectivity index (χ2n) is 7.53. The van der Waals surface area contributed by atoms with Crippen molar-refractivity contribution in [3.8, 4) is 5.75 Å². The van der Waals surface area contributed by atoms with Crippen molar-refractivity contribution in [3.63, 3.8) is 0 Å². The van der Waals surface area contributed by atoms with Gasteiger partial charge in [-0.05, 0) is 43.5 Å². The zero-order valence-electron chi connectivity index (χ0n) is 15.5. The molecular formula is C23H28N2O. The maximum Gasteiger partial charge on any atom is 0.124 e. The Morgan fingerprint density at radius 2 is 1.85 bits per heavy atom. The first-order chi connectivity index (χ1) is 12.8. The van der Waals surface area contributed by atoms with E-state index in [1.807, 2.05) is 0 Å². The zero-order chi connectivity index (χ0) is 17.8. The fraction of sp³-hybridized carbons (Fsp3) is 0.391. The Hall–Kier alpha value is -2.10. The van der Waals surface area contributed by atoms with E-state index in [4.69, 9.17) is 4.74 Å². The highest BCUT2D eigenvalue weighted by molar-refractivity contribution is 5.66. The van der Waals surface area contributed by atoms with Crippen LogP contribution in [0.4, 0.5) is 0 Å². The van der Waals surface area contributed by atoms with Gasteiger partial charge < -0.3 is 10.1 Å². The lowest BCUT2D eigenvalue weighted by Crippen LogP contribution is -2.36. The fourth-order valence-corrected chi connectivity index (χ4v) is 4.07. The van der Waals surface area contributed by atoms with E-state index in [-0.39, 0.29) is 6.10 Å². The lowest BCUT2D eigenvalue weighted by Gasteiger charge is -2.27. The number of benzene rings is 2. The Morgan fingerprint density at radius 1 is 1.04 bits per heavy atom. The van der Waals surface area contributed by atoms with E-state index in [1.54, 1.807) is 0 Å². The fourth-order valence-electron chi connectivity index (χ4n) is 4.07. The van der Waals surface area contributed by atoms with Crippen LogP contribution < -0.4 is 10.1 Å². The Kier molecular flexibility index (Phi) is 5.37. The molecule has 4 rings (SSSR count). The Balaban J connectivity index is 1.36. The predicted molar refractivity (Wildman–Crippen MR) is 107 cm³/mol. The molecule has 2 aliphatic heterocycles. The van der Waals surface area contributed by atoms with Gasteiger partial charge in [-0.3, -0.25) is 4.90 Å². The first-order valence-electron chi connectivity index (χ1n) is 9.69. The van der Waals surface area contributed by atoms with Crippen LogP contribution in [0.2, 0.25) is 0 Å². The molecule has 26 heavy (non-hydrogen) atoms. The summed E-state index contributed by atoms with van der Waals surface area (Å²) in [5.41, 5.74) is 4.12. The smallest absolute Gasteiger partial charge is 0.124 e. The molecule has 3 heteroatoms. The van der Waals surface area contributed by atoms with E-state index < -0.39 is 0 Å². The molecule has 0 fully saturated rings. The molecular weight excluding hydrogens is 320 g/mol. The summed E-state index contributed by atoms with van der Waals surface area (Å²) in [7, 11) is 2.19. The van der Waals surface area contributed by atoms with E-state index in [0.717, 1.165) is 44.6 Å². The number of ether oxygens (including phenoxy) is 1. The van der Waals surface area contributed by atoms with Crippen LogP contribution >= 0.6 is 0 Å². The van der Waals surface area contributed by atoms with Gasteiger partial charge in [0.05, 0.1) is 0 Å². The highest BCUT2D eigenvalue weighted by atomic mass is 16.5. The summed E-state index contributed by atoms with van der Waals surface area (Å²) < 4.78 is 6.35. The van der Waals surface area contributed by atoms with Gasteiger partial charge in [0.2, 0.25) is 0 Å². The molecule has 0 saturated heterocycles. The number of nitrogens with zero attached hydrogens (tertiary/aromatic N) is 1. The van der Waals surface area contributed by atoms with Crippen LogP contribution in [-0.4, -0.2) is 37.2 Å². The van der Waals surface area contributed by atoms with Crippen molar-refractivity contribution in [1.82, 2.24) is 10.2 Å². The molecule has 3 nitrogen and oxygen atoms in total. The molecule has 1 N–H and O–H groups in total. The lowest BCUT2D eigenvalue weighted by atomic mass is 9.92. The summed E-state index contributed by atoms with van der Waals surface area (Å²) in [4.78, 5) is 2.38. The molecule has 2 aliphatic rings. The zero-order valence-corrected chi connectivity index (χ0v) is 15.5. The van der Waals surface area contributed by atoms with Crippen molar-refractivity contribution in [3.05, 3.63) is 71.8 Å². The van der Waals surface area contributed by atoms with Crippen molar-refractivity contribution in [1.29, 1.82) is 0 Å². The molecule has 2 aromatic rings. The maximum atomic E-state index is 6.35. The summed E-state index contributed by atoms with van der Waals surface area (Å²) >= 11 is 0. The van der Waals surface area contributed by atoms with E-state index >= 15 is 0 Å². The van der Waals surface area contributed by atoms with Crippen LogP contribution in [0.1, 0.15) is 30.4 Å². The standard InChI is InChI=1S/C23H28N2O/c1-25-16-20-9-5-6-10-23(20)26-22(17-25)12-11-21-15-19(13-14-24-21)18-7-3-2-4-8-18/h2-10,13,21-22,24H,11-12,14-17H2,1H3. The van der Waals surface area contributed by atoms with Crippen LogP contribution in [0.15, 0.2) is 60.7 Å². The van der Waals surface area contributed by atoms with Gasteiger partial charge in [-0.25, -0.2) is 0 Å². The minimum atomic E-state index is 0.261. The third-order valence-electron chi connectivity index (χ3n) is 5.42. The van der Waals surface area contributed by atoms with Gasteiger partial charge in [0.15, 0.2) is 0 Å². The summed E-state index contributed by atoms with van der Waals surface area (Å²) in [6.07, 6.45) is 5.92. The van der Waals surface area contributed by atoms with Gasteiger partial charge >= 0.3 is 0 Å². The average Bonchev–Trinajstić information content (AvgIpc) is 2.85. The molecule has 2 atom stereocenters. The van der Waals surface area contributed by atoms with Gasteiger partial charge in [-0.15, -0.1) is 0 Å². The molecule has 2 heterocycles. The third kappa shape index (κ3) is 4.17. The number of likely N-dealkylation sites (N-methyl/N-ethyl adjacent to an activating group) is 1. The van der Waals surface area contributed by atoms with Crippen LogP contribution in [0.3, 0.4) is 0 Å². The third-order valence-corrected chi connectivity index (χ3v) is 5.42. The van der Waals surface area contributed by atoms with Gasteiger partial charge in [0.25, 0.3) is 0 Å². The topological polar surface area (TPSA) is 24.5 Å². The minimum Gasteiger partial charge on any atom is -0.489 e. The minimum absolute atomic E-state index is 0.261. The number of nitrogens with one attached hydrogen (secondary N) is 1. The number of hydrogen-bond acceptors (Lipinski definition) is 3. The summed E-state index contributed by atoms with van der Waals surface area (Å²) in [5.74, 6) is 1.06. The number of fused-ring (bicyclic) bond motifs is 1. The normalized spacial score (nSPS) is 23.5. The van der Waals surface area contributed by atoms with Crippen molar-refractivity contribution < 1.29 is 4.74 Å². The van der Waals surface area contributed by atoms with Crippen LogP contribution in [0, 0.1) is 0 Å². The molecule has 0 radical (unpaired) electrons. The highest BCUT2D eigenvalue weighted by Crippen LogP contribution is 2.28. The van der Waals surface area contributed by atoms with Crippen molar-refractivity contribution in [2.24, 2.45) is 0 Å². The molecule has 0 aromatic heterocycles. The highest BCUT2D eigenvalue weighted by Gasteiger charge is 2.23. The van der Waals surface area contributed by atoms with Crippen LogP contribution in [0.5, 0.6) is 5.75 Å². The second kappa shape index (κ2) is 8.07. The molecule has 0 spiro atoms. The van der Waals surface area contributed by atoms with Crippen molar-refractivity contribution in [2.75, 3.05) is 20.1 Å². The van der Waals surface area contributed by atoms with Gasteiger partial charge in [0.1, 0.15) is 11.9 Å². The van der Waals surface area contributed by atoms with E-state index in [1.165, 1.54) is 16.7 Å². The Labute approximate surface area is 156 Å². The summed E-state index contributed by atoms with van der Waals surface area (Å²) in [6.45, 7) is 2.92. The van der Waals surface area contributed by atoms with E-state index in [0.29, 0.717) is 6.04 Å². The quantitative estimate of drug-likeness (QED) is 0.900. The van der Waals surface area contributed by atoms with Gasteiger partial charge in [-0.1, -0.05) is 54.6 Å².